The van der Waals surface area contributed by atoms with E-state index in [1.807, 2.05) is 0 Å². The second kappa shape index (κ2) is 9.62. The Balaban J connectivity index is -0.0000000267. The molecule has 0 aromatic heterocycles. The summed E-state index contributed by atoms with van der Waals surface area (Å²) in [7, 11) is -4.64. The van der Waals surface area contributed by atoms with E-state index in [4.69, 9.17) is 19.2 Å². The number of rotatable bonds is 0. The number of hydrogen-bond acceptors (Lipinski definition) is 1. The molecule has 0 bridgehead atoms. The quantitative estimate of drug-likeness (QED) is 0.372. The summed E-state index contributed by atoms with van der Waals surface area (Å²) in [4.78, 5) is 21.6. The van der Waals surface area contributed by atoms with Gasteiger partial charge < -0.3 is 14.7 Å². The zero-order valence-electron chi connectivity index (χ0n) is 3.27. The molecule has 0 aliphatic rings. The van der Waals surface area contributed by atoms with Crippen LogP contribution in [0.15, 0.2) is 0 Å². The van der Waals surface area contributed by atoms with Crippen LogP contribution in [-0.4, -0.2) is 33.5 Å². The van der Waals surface area contributed by atoms with Gasteiger partial charge in [0.25, 0.3) is 0 Å². The first-order valence-electron chi connectivity index (χ1n) is 0.783. The third-order valence-electron chi connectivity index (χ3n) is 0. The molecule has 0 aliphatic heterocycles. The smallest absolute Gasteiger partial charge is 0 e. The maximum atomic E-state index is 8.88. The van der Waals surface area contributed by atoms with E-state index >= 15 is 0 Å². The summed E-state index contributed by atoms with van der Waals surface area (Å²) in [6.07, 6.45) is 0. The van der Waals surface area contributed by atoms with Gasteiger partial charge in [0.15, 0.2) is 0 Å². The molecule has 0 spiro atoms. The van der Waals surface area contributed by atoms with E-state index in [-0.39, 0.29) is 76.2 Å². The van der Waals surface area contributed by atoms with Crippen molar-refractivity contribution in [1.29, 1.82) is 0 Å². The third kappa shape index (κ3) is 73.0. The Morgan fingerprint density at radius 2 is 1.12 bits per heavy atom. The molecule has 0 aromatic rings. The first kappa shape index (κ1) is 22.4. The molecular weight excluding hydrogens is 289 g/mol. The fourth-order valence-electron chi connectivity index (χ4n) is 0. The first-order valence-corrected chi connectivity index (χ1v) is 2.35. The molecule has 0 fully saturated rings. The summed E-state index contributed by atoms with van der Waals surface area (Å²) in [6.45, 7) is 0. The van der Waals surface area contributed by atoms with Crippen LogP contribution >= 0.6 is 7.82 Å². The van der Waals surface area contributed by atoms with Gasteiger partial charge in [-0.3, -0.25) is 0 Å². The van der Waals surface area contributed by atoms with Crippen LogP contribution in [0.2, 0.25) is 0 Å². The van der Waals surface area contributed by atoms with E-state index in [0.717, 1.165) is 0 Å². The second-order valence-electron chi connectivity index (χ2n) is 0.513. The van der Waals surface area contributed by atoms with Crippen LogP contribution in [0.4, 0.5) is 0 Å². The second-order valence-corrected chi connectivity index (χ2v) is 1.54. The molecular formula is H4LaLiO4PTi. The van der Waals surface area contributed by atoms with Gasteiger partial charge in [-0.05, 0) is 0 Å². The van der Waals surface area contributed by atoms with Crippen LogP contribution in [0.1, 0.15) is 0 Å². The molecule has 8 heavy (non-hydrogen) atoms. The van der Waals surface area contributed by atoms with Gasteiger partial charge >= 0.3 is 26.7 Å². The molecule has 0 rings (SSSR count). The molecule has 0 saturated carbocycles. The zero-order chi connectivity index (χ0) is 4.50. The SMILES string of the molecule is O=P(O)(O)O.[La].[LiH].[Ti]. The maximum Gasteiger partial charge on any atom is 0 e. The van der Waals surface area contributed by atoms with Crippen molar-refractivity contribution in [3.05, 3.63) is 0 Å². The first-order chi connectivity index (χ1) is 2.00. The Morgan fingerprint density at radius 3 is 1.12 bits per heavy atom. The van der Waals surface area contributed by atoms with Gasteiger partial charge in [-0.15, -0.1) is 0 Å². The Bertz CT molecular complexity index is 62.2. The minimum atomic E-state index is -4.64. The molecule has 0 heterocycles. The Hall–Kier alpha value is 2.62. The van der Waals surface area contributed by atoms with E-state index in [9.17, 15) is 0 Å². The standard InChI is InChI=1S/La.Li.H3O4P.Ti.H/c;;1-5(2,3)4;;/h;;(H3,1,2,3,4);;. The predicted molar refractivity (Wildman–Crippen MR) is 21.4 cm³/mol. The van der Waals surface area contributed by atoms with Gasteiger partial charge in [-0.25, -0.2) is 4.57 Å². The topological polar surface area (TPSA) is 77.8 Å². The van der Waals surface area contributed by atoms with Crippen molar-refractivity contribution < 1.29 is 76.6 Å². The summed E-state index contributed by atoms with van der Waals surface area (Å²) in [5.41, 5.74) is 0. The van der Waals surface area contributed by atoms with E-state index < -0.39 is 7.82 Å². The van der Waals surface area contributed by atoms with Gasteiger partial charge in [0.1, 0.15) is 0 Å². The van der Waals surface area contributed by atoms with Gasteiger partial charge in [-0.1, -0.05) is 0 Å². The summed E-state index contributed by atoms with van der Waals surface area (Å²) in [5, 5.41) is 0. The molecule has 3 N–H and O–H groups in total. The van der Waals surface area contributed by atoms with E-state index in [0.29, 0.717) is 0 Å². The van der Waals surface area contributed by atoms with Crippen molar-refractivity contribution in [1.82, 2.24) is 0 Å². The van der Waals surface area contributed by atoms with Crippen molar-refractivity contribution in [3.63, 3.8) is 0 Å². The molecule has 0 amide bonds. The molecule has 0 unspecified atom stereocenters. The normalized spacial score (nSPS) is 7.38. The molecule has 0 atom stereocenters. The fourth-order valence-corrected chi connectivity index (χ4v) is 0. The molecule has 0 aromatic carbocycles. The number of hydrogen-bond donors (Lipinski definition) is 3. The predicted octanol–water partition coefficient (Wildman–Crippen LogP) is -1.58. The Labute approximate surface area is 102 Å². The third-order valence-corrected chi connectivity index (χ3v) is 0. The van der Waals surface area contributed by atoms with Gasteiger partial charge in [0.2, 0.25) is 0 Å². The van der Waals surface area contributed by atoms with Crippen molar-refractivity contribution in [2.45, 2.75) is 0 Å². The van der Waals surface area contributed by atoms with Crippen LogP contribution in [0.5, 0.6) is 0 Å². The molecule has 0 saturated heterocycles. The van der Waals surface area contributed by atoms with Crippen LogP contribution in [0.3, 0.4) is 0 Å². The van der Waals surface area contributed by atoms with Crippen LogP contribution in [0.25, 0.3) is 0 Å². The van der Waals surface area contributed by atoms with Gasteiger partial charge in [0, 0.05) is 57.3 Å². The van der Waals surface area contributed by atoms with Crippen molar-refractivity contribution in [2.75, 3.05) is 0 Å². The summed E-state index contributed by atoms with van der Waals surface area (Å²) in [6, 6.07) is 0. The van der Waals surface area contributed by atoms with Crippen LogP contribution < -0.4 is 0 Å². The van der Waals surface area contributed by atoms with E-state index in [2.05, 4.69) is 0 Å². The Kier molecular flexibility index (Phi) is 27.0. The minimum absolute atomic E-state index is 0. The molecule has 1 radical (unpaired) electrons. The number of phosphoric acid groups is 1. The van der Waals surface area contributed by atoms with Crippen molar-refractivity contribution >= 4 is 26.7 Å². The largest absolute Gasteiger partial charge is 0 e. The monoisotopic (exact) mass is 293 g/mol. The average Bonchev–Trinajstić information content (AvgIpc) is 0.722. The van der Waals surface area contributed by atoms with Crippen molar-refractivity contribution in [3.8, 4) is 0 Å². The summed E-state index contributed by atoms with van der Waals surface area (Å²) in [5.74, 6) is 0. The zero-order valence-corrected chi connectivity index (χ0v) is 9.36. The van der Waals surface area contributed by atoms with Crippen LogP contribution in [0, 0.1) is 35.6 Å². The average molecular weight is 293 g/mol. The molecule has 4 nitrogen and oxygen atoms in total. The van der Waals surface area contributed by atoms with Gasteiger partial charge in [0.05, 0.1) is 0 Å². The summed E-state index contributed by atoms with van der Waals surface area (Å²) < 4.78 is 8.88. The van der Waals surface area contributed by atoms with E-state index in [1.165, 1.54) is 0 Å². The molecule has 0 aliphatic carbocycles. The van der Waals surface area contributed by atoms with Crippen molar-refractivity contribution in [2.24, 2.45) is 0 Å². The van der Waals surface area contributed by atoms with E-state index in [1.54, 1.807) is 0 Å². The maximum absolute atomic E-state index is 8.88. The van der Waals surface area contributed by atoms with Crippen LogP contribution in [-0.2, 0) is 26.3 Å². The minimum Gasteiger partial charge on any atom is 0 e. The fraction of sp³-hybridized carbons (Fsp3) is 0. The molecule has 41 valence electrons. The Morgan fingerprint density at radius 1 is 1.12 bits per heavy atom. The molecule has 8 heteroatoms. The van der Waals surface area contributed by atoms with Gasteiger partial charge in [-0.2, -0.15) is 0 Å². The summed E-state index contributed by atoms with van der Waals surface area (Å²) >= 11 is 0.